The van der Waals surface area contributed by atoms with Crippen molar-refractivity contribution in [1.82, 2.24) is 14.8 Å². The first-order valence-corrected chi connectivity index (χ1v) is 13.6. The van der Waals surface area contributed by atoms with Crippen molar-refractivity contribution in [3.05, 3.63) is 113 Å². The van der Waals surface area contributed by atoms with Crippen molar-refractivity contribution in [2.75, 3.05) is 20.6 Å². The van der Waals surface area contributed by atoms with Crippen molar-refractivity contribution in [2.24, 2.45) is 0 Å². The Labute approximate surface area is 232 Å². The minimum Gasteiger partial charge on any atom is -0.356 e. The summed E-state index contributed by atoms with van der Waals surface area (Å²) in [4.78, 5) is 20.3. The minimum atomic E-state index is -1.85. The molecule has 206 valence electrons. The molecule has 6 rings (SSSR count). The van der Waals surface area contributed by atoms with Gasteiger partial charge in [-0.25, -0.2) is 13.2 Å². The van der Waals surface area contributed by atoms with Crippen LogP contribution >= 0.6 is 0 Å². The van der Waals surface area contributed by atoms with Crippen LogP contribution in [0.4, 0.5) is 13.2 Å². The van der Waals surface area contributed by atoms with Crippen LogP contribution in [0.25, 0.3) is 17.0 Å². The number of amides is 1. The van der Waals surface area contributed by atoms with E-state index in [1.807, 2.05) is 54.6 Å². The Morgan fingerprint density at radius 1 is 0.975 bits per heavy atom. The minimum absolute atomic E-state index is 0.106. The zero-order valence-corrected chi connectivity index (χ0v) is 22.6. The first kappa shape index (κ1) is 26.4. The summed E-state index contributed by atoms with van der Waals surface area (Å²) in [5.41, 5.74) is 0.459. The molecule has 7 heteroatoms. The van der Waals surface area contributed by atoms with Gasteiger partial charge in [0.1, 0.15) is 23.7 Å². The highest BCUT2D eigenvalue weighted by atomic mass is 19.1. The van der Waals surface area contributed by atoms with E-state index in [9.17, 15) is 9.18 Å². The average Bonchev–Trinajstić information content (AvgIpc) is 3.34. The number of nitrogens with zero attached hydrogens (tertiary/aromatic N) is 2. The van der Waals surface area contributed by atoms with Crippen LogP contribution in [-0.4, -0.2) is 53.7 Å². The fourth-order valence-corrected chi connectivity index (χ4v) is 6.93. The fourth-order valence-electron chi connectivity index (χ4n) is 6.93. The monoisotopic (exact) mass is 543 g/mol. The molecule has 3 aromatic carbocycles. The third-order valence-electron chi connectivity index (χ3n) is 8.94. The van der Waals surface area contributed by atoms with Crippen molar-refractivity contribution in [2.45, 2.75) is 42.7 Å². The van der Waals surface area contributed by atoms with Gasteiger partial charge in [-0.3, -0.25) is 9.69 Å². The molecule has 0 radical (unpaired) electrons. The van der Waals surface area contributed by atoms with Gasteiger partial charge >= 0.3 is 0 Å². The predicted octanol–water partition coefficient (Wildman–Crippen LogP) is 6.53. The topological polar surface area (TPSA) is 39.3 Å². The Kier molecular flexibility index (Phi) is 6.57. The molecule has 40 heavy (non-hydrogen) atoms. The molecular weight excluding hydrogens is 511 g/mol. The van der Waals surface area contributed by atoms with E-state index >= 15 is 8.78 Å². The van der Waals surface area contributed by atoms with Gasteiger partial charge in [0.15, 0.2) is 0 Å². The number of fused-ring (bicyclic) bond motifs is 4. The molecule has 4 aromatic rings. The van der Waals surface area contributed by atoms with E-state index in [-0.39, 0.29) is 19.4 Å². The maximum atomic E-state index is 17.2. The number of H-pyrrole nitrogens is 1. The van der Waals surface area contributed by atoms with Gasteiger partial charge in [-0.1, -0.05) is 60.7 Å². The molecule has 1 N–H and O–H groups in total. The van der Waals surface area contributed by atoms with Gasteiger partial charge < -0.3 is 9.88 Å². The van der Waals surface area contributed by atoms with Gasteiger partial charge in [-0.15, -0.1) is 0 Å². The molecular formula is C33H32F3N3O. The third kappa shape index (κ3) is 3.98. The Hall–Kier alpha value is -3.84. The number of nitrogens with one attached hydrogen (secondary N) is 1. The van der Waals surface area contributed by atoms with E-state index in [2.05, 4.69) is 4.98 Å². The number of para-hydroxylation sites is 1. The number of hydrogen-bond donors (Lipinski definition) is 1. The first-order valence-electron chi connectivity index (χ1n) is 13.6. The molecule has 0 saturated heterocycles. The molecule has 1 spiro atoms. The predicted molar refractivity (Wildman–Crippen MR) is 152 cm³/mol. The lowest BCUT2D eigenvalue weighted by molar-refractivity contribution is -0.158. The van der Waals surface area contributed by atoms with E-state index in [1.54, 1.807) is 37.2 Å². The molecule has 1 aromatic heterocycles. The van der Waals surface area contributed by atoms with Crippen molar-refractivity contribution >= 4 is 22.9 Å². The van der Waals surface area contributed by atoms with Gasteiger partial charge in [-0.2, -0.15) is 0 Å². The summed E-state index contributed by atoms with van der Waals surface area (Å²) < 4.78 is 48.7. The lowest BCUT2D eigenvalue weighted by Gasteiger charge is -2.57. The Balaban J connectivity index is 1.50. The Morgan fingerprint density at radius 2 is 1.68 bits per heavy atom. The second-order valence-electron chi connectivity index (χ2n) is 11.1. The van der Waals surface area contributed by atoms with Crippen LogP contribution in [0.15, 0.2) is 84.9 Å². The molecule has 1 aliphatic heterocycles. The summed E-state index contributed by atoms with van der Waals surface area (Å²) >= 11 is 0. The van der Waals surface area contributed by atoms with Gasteiger partial charge in [0.05, 0.1) is 11.2 Å². The zero-order chi connectivity index (χ0) is 28.1. The maximum Gasteiger partial charge on any atom is 0.247 e. The molecule has 4 nitrogen and oxygen atoms in total. The van der Waals surface area contributed by atoms with E-state index in [0.717, 1.165) is 22.0 Å². The van der Waals surface area contributed by atoms with Crippen LogP contribution in [0.1, 0.15) is 35.2 Å². The number of carbonyl (C=O) groups excluding carboxylic acids is 1. The van der Waals surface area contributed by atoms with Crippen molar-refractivity contribution < 1.29 is 18.0 Å². The van der Waals surface area contributed by atoms with E-state index < -0.39 is 35.1 Å². The van der Waals surface area contributed by atoms with E-state index in [0.29, 0.717) is 17.7 Å². The fraction of sp³-hybridized carbons (Fsp3) is 0.303. The standard InChI is InChI=1S/C33H32F3N3O/c1-38(2)32(23-11-8-12-24(34)19-23)20-28(35)33(29(36)21-32)31-26(25-13-6-7-14-27(25)37-31)17-18-39(33)30(40)16-15-22-9-4-3-5-10-22/h3-16,19,28-29,37H,17-18,20-21H2,1-2H3. The number of alkyl halides is 2. The normalized spacial score (nSPS) is 26.6. The molecule has 2 unspecified atom stereocenters. The second kappa shape index (κ2) is 9.97. The smallest absolute Gasteiger partial charge is 0.247 e. The second-order valence-corrected chi connectivity index (χ2v) is 11.1. The Bertz CT molecular complexity index is 1570. The molecule has 0 bridgehead atoms. The molecule has 2 heterocycles. The van der Waals surface area contributed by atoms with Crippen molar-refractivity contribution in [1.29, 1.82) is 0 Å². The van der Waals surface area contributed by atoms with Crippen LogP contribution in [0.2, 0.25) is 0 Å². The summed E-state index contributed by atoms with van der Waals surface area (Å²) in [7, 11) is 3.53. The maximum absolute atomic E-state index is 17.2. The van der Waals surface area contributed by atoms with Gasteiger partial charge in [0.2, 0.25) is 5.91 Å². The first-order chi connectivity index (χ1) is 19.3. The molecule has 2 aliphatic rings. The van der Waals surface area contributed by atoms with Crippen LogP contribution in [-0.2, 0) is 22.3 Å². The number of hydrogen-bond acceptors (Lipinski definition) is 2. The lowest BCUT2D eigenvalue weighted by Crippen LogP contribution is -2.68. The quantitative estimate of drug-likeness (QED) is 0.298. The average molecular weight is 544 g/mol. The molecule has 1 amide bonds. The van der Waals surface area contributed by atoms with Gasteiger partial charge in [0, 0.05) is 36.4 Å². The summed E-state index contributed by atoms with van der Waals surface area (Å²) in [6.07, 6.45) is -0.197. The number of carbonyl (C=O) groups is 1. The number of halogens is 3. The zero-order valence-electron chi connectivity index (χ0n) is 22.6. The van der Waals surface area contributed by atoms with Crippen LogP contribution in [0.3, 0.4) is 0 Å². The number of aromatic nitrogens is 1. The van der Waals surface area contributed by atoms with E-state index in [1.165, 1.54) is 23.1 Å². The highest BCUT2D eigenvalue weighted by Gasteiger charge is 2.64. The SMILES string of the molecule is CN(C)C1(c2cccc(F)c2)CC(F)C2(c3[nH]c4ccccc4c3CCN2C(=O)C=Cc2ccccc2)C(F)C1. The molecule has 1 fully saturated rings. The van der Waals surface area contributed by atoms with Crippen molar-refractivity contribution in [3.63, 3.8) is 0 Å². The highest BCUT2D eigenvalue weighted by Crippen LogP contribution is 2.56. The van der Waals surface area contributed by atoms with E-state index in [4.69, 9.17) is 0 Å². The molecule has 1 saturated carbocycles. The van der Waals surface area contributed by atoms with Crippen LogP contribution < -0.4 is 0 Å². The number of benzene rings is 3. The largest absolute Gasteiger partial charge is 0.356 e. The summed E-state index contributed by atoms with van der Waals surface area (Å²) in [6.45, 7) is 0.183. The Morgan fingerprint density at radius 3 is 2.38 bits per heavy atom. The summed E-state index contributed by atoms with van der Waals surface area (Å²) in [6, 6.07) is 23.0. The summed E-state index contributed by atoms with van der Waals surface area (Å²) in [5, 5.41) is 0.915. The molecule has 1 aliphatic carbocycles. The summed E-state index contributed by atoms with van der Waals surface area (Å²) in [5.74, 6) is -0.898. The lowest BCUT2D eigenvalue weighted by atomic mass is 9.63. The number of aromatic amines is 1. The third-order valence-corrected chi connectivity index (χ3v) is 8.94. The van der Waals surface area contributed by atoms with Gasteiger partial charge in [0.25, 0.3) is 0 Å². The van der Waals surface area contributed by atoms with Crippen LogP contribution in [0.5, 0.6) is 0 Å². The number of rotatable bonds is 4. The highest BCUT2D eigenvalue weighted by molar-refractivity contribution is 5.94. The molecule has 2 atom stereocenters. The van der Waals surface area contributed by atoms with Crippen molar-refractivity contribution in [3.8, 4) is 0 Å². The van der Waals surface area contributed by atoms with Crippen LogP contribution in [0, 0.1) is 5.82 Å². The van der Waals surface area contributed by atoms with Gasteiger partial charge in [-0.05, 0) is 61.5 Å².